The predicted molar refractivity (Wildman–Crippen MR) is 79.0 cm³/mol. The van der Waals surface area contributed by atoms with Crippen LogP contribution in [0.5, 0.6) is 0 Å². The van der Waals surface area contributed by atoms with E-state index in [0.717, 1.165) is 5.57 Å². The molecule has 0 bridgehead atoms. The average Bonchev–Trinajstić information content (AvgIpc) is 2.40. The number of allylic oxidation sites excluding steroid dienone is 1. The number of methoxy groups -OCH3 is 1. The quantitative estimate of drug-likeness (QED) is 0.425. The molecule has 2 atom stereocenters. The summed E-state index contributed by atoms with van der Waals surface area (Å²) in [5.41, 5.74) is 0.880. The van der Waals surface area contributed by atoms with Crippen LogP contribution in [0.15, 0.2) is 36.8 Å². The van der Waals surface area contributed by atoms with E-state index in [-0.39, 0.29) is 12.2 Å². The average molecular weight is 284 g/mol. The van der Waals surface area contributed by atoms with Crippen LogP contribution in [-0.4, -0.2) is 25.7 Å². The number of rotatable bonds is 11. The Morgan fingerprint density at radius 2 is 1.90 bits per heavy atom. The third-order valence-electron chi connectivity index (χ3n) is 2.92. The zero-order valence-electron chi connectivity index (χ0n) is 12.7. The van der Waals surface area contributed by atoms with Crippen LogP contribution in [0.2, 0.25) is 0 Å². The van der Waals surface area contributed by atoms with Crippen molar-refractivity contribution in [3.8, 4) is 0 Å². The highest BCUT2D eigenvalue weighted by Crippen LogP contribution is 2.26. The van der Waals surface area contributed by atoms with Gasteiger partial charge in [0.25, 0.3) is 0 Å². The van der Waals surface area contributed by atoms with Crippen LogP contribution in [0.3, 0.4) is 0 Å². The van der Waals surface area contributed by atoms with Gasteiger partial charge < -0.3 is 9.47 Å². The molecule has 0 aliphatic rings. The monoisotopic (exact) mass is 284 g/mol. The first-order valence-corrected chi connectivity index (χ1v) is 6.67. The number of carbonyl (C=O) groups excluding carboxylic acids is 1. The molecule has 0 fully saturated rings. The largest absolute Gasteiger partial charge is 0.501 e. The first-order valence-electron chi connectivity index (χ1n) is 6.67. The molecule has 0 amide bonds. The van der Waals surface area contributed by atoms with Crippen molar-refractivity contribution in [2.75, 3.05) is 13.8 Å². The van der Waals surface area contributed by atoms with Crippen LogP contribution < -0.4 is 0 Å². The van der Waals surface area contributed by atoms with E-state index in [4.69, 9.17) is 9.47 Å². The van der Waals surface area contributed by atoms with Gasteiger partial charge in [0.05, 0.1) is 31.2 Å². The van der Waals surface area contributed by atoms with Gasteiger partial charge in [-0.15, -0.1) is 0 Å². The smallest absolute Gasteiger partial charge is 0.173 e. The summed E-state index contributed by atoms with van der Waals surface area (Å²) in [6.07, 6.45) is 0.0822. The molecule has 0 saturated heterocycles. The molecule has 0 aromatic carbocycles. The SMILES string of the molecule is C=C(C)CC(=C)O[C@H](C(=O)CC)[C@H](CCF)C(=C)OC. The van der Waals surface area contributed by atoms with E-state index in [1.807, 2.05) is 6.92 Å². The molecule has 0 saturated carbocycles. The first-order chi connectivity index (χ1) is 9.37. The topological polar surface area (TPSA) is 35.5 Å². The molecule has 0 aliphatic carbocycles. The Morgan fingerprint density at radius 3 is 2.30 bits per heavy atom. The Bertz CT molecular complexity index is 374. The number of Topliss-reactive ketones (excluding diaryl/α,β-unsaturated/α-hetero) is 1. The third-order valence-corrected chi connectivity index (χ3v) is 2.92. The molecule has 4 heteroatoms. The number of alkyl halides is 1. The predicted octanol–water partition coefficient (Wildman–Crippen LogP) is 3.97. The lowest BCUT2D eigenvalue weighted by atomic mass is 9.93. The zero-order valence-corrected chi connectivity index (χ0v) is 12.7. The molecule has 114 valence electrons. The molecule has 0 aliphatic heterocycles. The fourth-order valence-electron chi connectivity index (χ4n) is 1.88. The molecular formula is C16H25FO3. The molecule has 0 aromatic heterocycles. The van der Waals surface area contributed by atoms with Crippen molar-refractivity contribution in [1.82, 2.24) is 0 Å². The normalized spacial score (nSPS) is 13.2. The van der Waals surface area contributed by atoms with Gasteiger partial charge in [0.1, 0.15) is 0 Å². The minimum absolute atomic E-state index is 0.121. The molecule has 0 radical (unpaired) electrons. The summed E-state index contributed by atoms with van der Waals surface area (Å²) in [7, 11) is 1.45. The molecule has 0 spiro atoms. The number of hydrogen-bond donors (Lipinski definition) is 0. The zero-order chi connectivity index (χ0) is 15.7. The summed E-state index contributed by atoms with van der Waals surface area (Å²) in [5.74, 6) is 0.151. The van der Waals surface area contributed by atoms with E-state index in [9.17, 15) is 9.18 Å². The molecule has 0 aromatic rings. The van der Waals surface area contributed by atoms with Gasteiger partial charge in [-0.2, -0.15) is 0 Å². The van der Waals surface area contributed by atoms with Gasteiger partial charge in [0.2, 0.25) is 0 Å². The maximum absolute atomic E-state index is 12.7. The van der Waals surface area contributed by atoms with E-state index in [1.165, 1.54) is 7.11 Å². The molecule has 3 nitrogen and oxygen atoms in total. The van der Waals surface area contributed by atoms with Gasteiger partial charge in [0.15, 0.2) is 11.9 Å². The van der Waals surface area contributed by atoms with Gasteiger partial charge in [-0.1, -0.05) is 32.2 Å². The van der Waals surface area contributed by atoms with Crippen LogP contribution >= 0.6 is 0 Å². The van der Waals surface area contributed by atoms with Crippen molar-refractivity contribution in [3.05, 3.63) is 36.8 Å². The highest BCUT2D eigenvalue weighted by molar-refractivity contribution is 5.83. The number of ether oxygens (including phenoxy) is 2. The second-order valence-electron chi connectivity index (χ2n) is 4.79. The van der Waals surface area contributed by atoms with E-state index >= 15 is 0 Å². The van der Waals surface area contributed by atoms with Crippen molar-refractivity contribution in [3.63, 3.8) is 0 Å². The highest BCUT2D eigenvalue weighted by Gasteiger charge is 2.32. The number of carbonyl (C=O) groups is 1. The van der Waals surface area contributed by atoms with Gasteiger partial charge in [-0.05, 0) is 13.3 Å². The maximum atomic E-state index is 12.7. The minimum Gasteiger partial charge on any atom is -0.501 e. The molecule has 0 heterocycles. The Morgan fingerprint density at radius 1 is 1.30 bits per heavy atom. The van der Waals surface area contributed by atoms with Crippen molar-refractivity contribution in [1.29, 1.82) is 0 Å². The first kappa shape index (κ1) is 18.4. The van der Waals surface area contributed by atoms with Gasteiger partial charge in [0, 0.05) is 12.8 Å². The number of ketones is 1. The van der Waals surface area contributed by atoms with Crippen molar-refractivity contribution < 1.29 is 18.7 Å². The number of hydrogen-bond acceptors (Lipinski definition) is 3. The van der Waals surface area contributed by atoms with Gasteiger partial charge in [-0.25, -0.2) is 0 Å². The molecule has 20 heavy (non-hydrogen) atoms. The maximum Gasteiger partial charge on any atom is 0.173 e. The number of halogens is 1. The van der Waals surface area contributed by atoms with Gasteiger partial charge >= 0.3 is 0 Å². The minimum atomic E-state index is -0.810. The van der Waals surface area contributed by atoms with E-state index < -0.39 is 18.7 Å². The highest BCUT2D eigenvalue weighted by atomic mass is 19.1. The fourth-order valence-corrected chi connectivity index (χ4v) is 1.88. The van der Waals surface area contributed by atoms with Crippen molar-refractivity contribution in [2.24, 2.45) is 5.92 Å². The van der Waals surface area contributed by atoms with Crippen LogP contribution in [0, 0.1) is 5.92 Å². The third kappa shape index (κ3) is 6.04. The van der Waals surface area contributed by atoms with E-state index in [0.29, 0.717) is 24.4 Å². The summed E-state index contributed by atoms with van der Waals surface area (Å²) in [6.45, 7) is 14.3. The fraction of sp³-hybridized carbons (Fsp3) is 0.562. The Kier molecular flexibility index (Phi) is 8.61. The summed E-state index contributed by atoms with van der Waals surface area (Å²) >= 11 is 0. The van der Waals surface area contributed by atoms with Gasteiger partial charge in [-0.3, -0.25) is 9.18 Å². The summed E-state index contributed by atoms with van der Waals surface area (Å²) in [4.78, 5) is 12.1. The second-order valence-corrected chi connectivity index (χ2v) is 4.79. The Labute approximate surface area is 121 Å². The molecule has 0 unspecified atom stereocenters. The lowest BCUT2D eigenvalue weighted by Gasteiger charge is -2.27. The molecule has 0 N–H and O–H groups in total. The van der Waals surface area contributed by atoms with Crippen LogP contribution in [-0.2, 0) is 14.3 Å². The van der Waals surface area contributed by atoms with Crippen molar-refractivity contribution >= 4 is 5.78 Å². The van der Waals surface area contributed by atoms with E-state index in [2.05, 4.69) is 19.7 Å². The molecular weight excluding hydrogens is 259 g/mol. The standard InChI is InChI=1S/C16H25FO3/c1-7-15(18)16(20-12(4)10-11(2)3)14(8-9-17)13(5)19-6/h14,16H,2,4-5,7-10H2,1,3,6H3/t14-,16+/m1/s1. The summed E-state index contributed by atoms with van der Waals surface area (Å²) in [5, 5.41) is 0. The Balaban J connectivity index is 5.09. The van der Waals surface area contributed by atoms with E-state index in [1.54, 1.807) is 6.92 Å². The van der Waals surface area contributed by atoms with Crippen LogP contribution in [0.25, 0.3) is 0 Å². The summed E-state index contributed by atoms with van der Waals surface area (Å²) in [6, 6.07) is 0. The Hall–Kier alpha value is -1.58. The van der Waals surface area contributed by atoms with Crippen LogP contribution in [0.4, 0.5) is 4.39 Å². The summed E-state index contributed by atoms with van der Waals surface area (Å²) < 4.78 is 23.4. The lowest BCUT2D eigenvalue weighted by molar-refractivity contribution is -0.131. The van der Waals surface area contributed by atoms with Crippen molar-refractivity contribution in [2.45, 2.75) is 39.2 Å². The molecule has 0 rings (SSSR count). The lowest BCUT2D eigenvalue weighted by Crippen LogP contribution is -2.34. The second kappa shape index (κ2) is 9.34. The van der Waals surface area contributed by atoms with Crippen LogP contribution in [0.1, 0.15) is 33.1 Å².